The topological polar surface area (TPSA) is 113 Å². The second-order valence-electron chi connectivity index (χ2n) is 6.77. The lowest BCUT2D eigenvalue weighted by Gasteiger charge is -2.09. The number of nitrogens with one attached hydrogen (secondary N) is 1. The molecule has 0 unspecified atom stereocenters. The van der Waals surface area contributed by atoms with Crippen molar-refractivity contribution in [2.24, 2.45) is 10.3 Å². The normalized spacial score (nSPS) is 12.1. The van der Waals surface area contributed by atoms with E-state index in [1.165, 1.54) is 12.1 Å². The standard InChI is InChI=1S/C22H20BrN3O5/c1-12-10-20(29)31-22-17(12)8-9-18(27)21(22)14(3)24-25-19(28)11-30-26-13(2)15-4-6-16(23)7-5-15/h4-10,27H,11H2,1-3H3,(H,25,28)/b24-14+,26-13?. The lowest BCUT2D eigenvalue weighted by molar-refractivity contribution is -0.125. The van der Waals surface area contributed by atoms with Crippen LogP contribution in [0, 0.1) is 6.92 Å². The molecule has 9 heteroatoms. The Morgan fingerprint density at radius 1 is 1.16 bits per heavy atom. The van der Waals surface area contributed by atoms with Gasteiger partial charge < -0.3 is 14.4 Å². The van der Waals surface area contributed by atoms with Crippen molar-refractivity contribution in [2.75, 3.05) is 6.61 Å². The minimum atomic E-state index is -0.541. The SMILES string of the molecule is CC(=NOCC(=O)N/N=C(\C)c1c(O)ccc2c(C)cc(=O)oc12)c1ccc(Br)cc1. The fourth-order valence-corrected chi connectivity index (χ4v) is 3.15. The number of carbonyl (C=O) groups is 1. The second-order valence-corrected chi connectivity index (χ2v) is 7.69. The van der Waals surface area contributed by atoms with E-state index in [-0.39, 0.29) is 29.2 Å². The fourth-order valence-electron chi connectivity index (χ4n) is 2.89. The average molecular weight is 486 g/mol. The lowest BCUT2D eigenvalue weighted by atomic mass is 10.0. The summed E-state index contributed by atoms with van der Waals surface area (Å²) in [6, 6.07) is 12.0. The first kappa shape index (κ1) is 22.2. The zero-order valence-corrected chi connectivity index (χ0v) is 18.7. The monoisotopic (exact) mass is 485 g/mol. The number of aryl methyl sites for hydroxylation is 1. The molecule has 2 aromatic carbocycles. The molecule has 160 valence electrons. The molecule has 8 nitrogen and oxygen atoms in total. The van der Waals surface area contributed by atoms with Crippen LogP contribution in [0.1, 0.15) is 30.5 Å². The smallest absolute Gasteiger partial charge is 0.336 e. The number of fused-ring (bicyclic) bond motifs is 1. The number of aromatic hydroxyl groups is 1. The van der Waals surface area contributed by atoms with Crippen LogP contribution in [0.5, 0.6) is 5.75 Å². The number of amides is 1. The maximum Gasteiger partial charge on any atom is 0.336 e. The Balaban J connectivity index is 1.70. The number of carbonyl (C=O) groups excluding carboxylic acids is 1. The van der Waals surface area contributed by atoms with Gasteiger partial charge in [-0.1, -0.05) is 33.2 Å². The number of hydrazone groups is 1. The molecule has 3 aromatic rings. The van der Waals surface area contributed by atoms with Crippen LogP contribution in [-0.4, -0.2) is 29.0 Å². The van der Waals surface area contributed by atoms with Crippen molar-refractivity contribution in [1.82, 2.24) is 5.43 Å². The summed E-state index contributed by atoms with van der Waals surface area (Å²) in [6.07, 6.45) is 0. The summed E-state index contributed by atoms with van der Waals surface area (Å²) in [5.41, 5.74) is 4.67. The van der Waals surface area contributed by atoms with Crippen LogP contribution in [-0.2, 0) is 9.63 Å². The highest BCUT2D eigenvalue weighted by Gasteiger charge is 2.15. The molecular weight excluding hydrogens is 466 g/mol. The van der Waals surface area contributed by atoms with Gasteiger partial charge in [0, 0.05) is 15.9 Å². The maximum absolute atomic E-state index is 12.0. The van der Waals surface area contributed by atoms with Gasteiger partial charge in [0.15, 0.2) is 12.2 Å². The van der Waals surface area contributed by atoms with Crippen molar-refractivity contribution in [3.05, 3.63) is 74.0 Å². The highest BCUT2D eigenvalue weighted by molar-refractivity contribution is 9.10. The summed E-state index contributed by atoms with van der Waals surface area (Å²) in [6.45, 7) is 4.76. The molecule has 3 rings (SSSR count). The van der Waals surface area contributed by atoms with Crippen LogP contribution in [0.3, 0.4) is 0 Å². The van der Waals surface area contributed by atoms with Gasteiger partial charge in [0.25, 0.3) is 5.91 Å². The Bertz CT molecular complexity index is 1250. The molecule has 1 heterocycles. The third kappa shape index (κ3) is 5.37. The molecule has 0 radical (unpaired) electrons. The summed E-state index contributed by atoms with van der Waals surface area (Å²) in [4.78, 5) is 28.9. The van der Waals surface area contributed by atoms with E-state index in [9.17, 15) is 14.7 Å². The summed E-state index contributed by atoms with van der Waals surface area (Å²) in [5.74, 6) is -0.660. The van der Waals surface area contributed by atoms with Crippen LogP contribution in [0.4, 0.5) is 0 Å². The van der Waals surface area contributed by atoms with Crippen molar-refractivity contribution >= 4 is 44.2 Å². The van der Waals surface area contributed by atoms with Crippen molar-refractivity contribution in [1.29, 1.82) is 0 Å². The van der Waals surface area contributed by atoms with Gasteiger partial charge in [0.2, 0.25) is 0 Å². The Morgan fingerprint density at radius 3 is 2.58 bits per heavy atom. The number of hydrogen-bond acceptors (Lipinski definition) is 7. The van der Waals surface area contributed by atoms with Crippen molar-refractivity contribution in [2.45, 2.75) is 20.8 Å². The van der Waals surface area contributed by atoms with Gasteiger partial charge >= 0.3 is 5.63 Å². The van der Waals surface area contributed by atoms with E-state index >= 15 is 0 Å². The fraction of sp³-hybridized carbons (Fsp3) is 0.182. The van der Waals surface area contributed by atoms with Gasteiger partial charge in [0.1, 0.15) is 5.75 Å². The lowest BCUT2D eigenvalue weighted by Crippen LogP contribution is -2.23. The van der Waals surface area contributed by atoms with E-state index in [1.807, 2.05) is 24.3 Å². The van der Waals surface area contributed by atoms with Gasteiger partial charge in [-0.25, -0.2) is 10.2 Å². The number of hydrogen-bond donors (Lipinski definition) is 2. The molecule has 0 fully saturated rings. The van der Waals surface area contributed by atoms with Crippen LogP contribution in [0.2, 0.25) is 0 Å². The molecule has 0 atom stereocenters. The first-order chi connectivity index (χ1) is 14.8. The van der Waals surface area contributed by atoms with Gasteiger partial charge in [-0.3, -0.25) is 4.79 Å². The number of rotatable bonds is 6. The van der Waals surface area contributed by atoms with Gasteiger partial charge in [-0.2, -0.15) is 5.10 Å². The van der Waals surface area contributed by atoms with Crippen molar-refractivity contribution in [3.63, 3.8) is 0 Å². The molecule has 1 amide bonds. The van der Waals surface area contributed by atoms with Crippen LogP contribution >= 0.6 is 15.9 Å². The molecule has 0 aliphatic heterocycles. The van der Waals surface area contributed by atoms with Crippen LogP contribution in [0.25, 0.3) is 11.0 Å². The van der Waals surface area contributed by atoms with E-state index in [1.54, 1.807) is 26.8 Å². The molecule has 0 saturated heterocycles. The first-order valence-electron chi connectivity index (χ1n) is 9.28. The summed E-state index contributed by atoms with van der Waals surface area (Å²) in [7, 11) is 0. The molecule has 0 spiro atoms. The number of phenolic OH excluding ortho intramolecular Hbond substituents is 1. The Hall–Kier alpha value is -3.46. The molecule has 31 heavy (non-hydrogen) atoms. The molecular formula is C22H20BrN3O5. The number of benzene rings is 2. The molecule has 2 N–H and O–H groups in total. The van der Waals surface area contributed by atoms with E-state index in [0.29, 0.717) is 16.7 Å². The minimum absolute atomic E-state index is 0.122. The highest BCUT2D eigenvalue weighted by atomic mass is 79.9. The summed E-state index contributed by atoms with van der Waals surface area (Å²) >= 11 is 3.36. The van der Waals surface area contributed by atoms with Crippen molar-refractivity contribution < 1.29 is 19.2 Å². The third-order valence-electron chi connectivity index (χ3n) is 4.47. The quantitative estimate of drug-likeness (QED) is 0.312. The highest BCUT2D eigenvalue weighted by Crippen LogP contribution is 2.28. The van der Waals surface area contributed by atoms with E-state index in [0.717, 1.165) is 10.0 Å². The van der Waals surface area contributed by atoms with Gasteiger partial charge in [-0.15, -0.1) is 0 Å². The Kier molecular flexibility index (Phi) is 6.86. The predicted molar refractivity (Wildman–Crippen MR) is 122 cm³/mol. The van der Waals surface area contributed by atoms with Crippen molar-refractivity contribution in [3.8, 4) is 5.75 Å². The average Bonchev–Trinajstić information content (AvgIpc) is 2.72. The van der Waals surface area contributed by atoms with Gasteiger partial charge in [-0.05, 0) is 56.2 Å². The Labute approximate surface area is 186 Å². The zero-order valence-electron chi connectivity index (χ0n) is 17.1. The number of halogens is 1. The van der Waals surface area contributed by atoms with E-state index < -0.39 is 11.5 Å². The molecule has 0 saturated carbocycles. The zero-order chi connectivity index (χ0) is 22.5. The molecule has 0 bridgehead atoms. The molecule has 0 aliphatic rings. The predicted octanol–water partition coefficient (Wildman–Crippen LogP) is 3.85. The summed E-state index contributed by atoms with van der Waals surface area (Å²) < 4.78 is 6.22. The second kappa shape index (κ2) is 9.57. The minimum Gasteiger partial charge on any atom is -0.507 e. The first-order valence-corrected chi connectivity index (χ1v) is 10.1. The Morgan fingerprint density at radius 2 is 1.87 bits per heavy atom. The largest absolute Gasteiger partial charge is 0.507 e. The third-order valence-corrected chi connectivity index (χ3v) is 5.00. The number of oxime groups is 1. The van der Waals surface area contributed by atoms with Crippen LogP contribution in [0.15, 0.2) is 66.4 Å². The molecule has 1 aromatic heterocycles. The van der Waals surface area contributed by atoms with Gasteiger partial charge in [0.05, 0.1) is 17.0 Å². The summed E-state index contributed by atoms with van der Waals surface area (Å²) in [5, 5.41) is 18.8. The van der Waals surface area contributed by atoms with Crippen LogP contribution < -0.4 is 11.1 Å². The van der Waals surface area contributed by atoms with E-state index in [4.69, 9.17) is 9.25 Å². The number of phenols is 1. The molecule has 0 aliphatic carbocycles. The number of nitrogens with zero attached hydrogens (tertiary/aromatic N) is 2. The maximum atomic E-state index is 12.0. The van der Waals surface area contributed by atoms with E-state index in [2.05, 4.69) is 31.6 Å².